The van der Waals surface area contributed by atoms with E-state index < -0.39 is 0 Å². The third-order valence-corrected chi connectivity index (χ3v) is 3.68. The fourth-order valence-electron chi connectivity index (χ4n) is 1.81. The van der Waals surface area contributed by atoms with Gasteiger partial charge in [-0.1, -0.05) is 0 Å². The number of aromatic nitrogens is 1. The zero-order valence-corrected chi connectivity index (χ0v) is 12.9. The summed E-state index contributed by atoms with van der Waals surface area (Å²) in [6.45, 7) is 4.53. The predicted octanol–water partition coefficient (Wildman–Crippen LogP) is 1.45. The Morgan fingerprint density at radius 3 is 2.89 bits per heavy atom. The first kappa shape index (κ1) is 14.7. The predicted molar refractivity (Wildman–Crippen MR) is 80.1 cm³/mol. The number of anilines is 2. The van der Waals surface area contributed by atoms with E-state index in [0.717, 1.165) is 18.9 Å². The summed E-state index contributed by atoms with van der Waals surface area (Å²) in [6, 6.07) is 1.49. The molecule has 1 aromatic heterocycles. The molecule has 0 bridgehead atoms. The molecule has 1 unspecified atom stereocenters. The number of aliphatic hydroxyl groups is 1. The van der Waals surface area contributed by atoms with Crippen LogP contribution in [-0.2, 0) is 4.74 Å². The van der Waals surface area contributed by atoms with Crippen LogP contribution in [0, 0.1) is 9.39 Å². The first-order valence-corrected chi connectivity index (χ1v) is 7.26. The molecule has 1 aliphatic heterocycles. The van der Waals surface area contributed by atoms with Crippen molar-refractivity contribution in [3.8, 4) is 0 Å². The van der Waals surface area contributed by atoms with Gasteiger partial charge in [0.1, 0.15) is 5.82 Å². The van der Waals surface area contributed by atoms with Crippen LogP contribution in [0.25, 0.3) is 0 Å². The van der Waals surface area contributed by atoms with Crippen LogP contribution in [0.5, 0.6) is 0 Å². The molecule has 1 saturated heterocycles. The Morgan fingerprint density at radius 2 is 2.26 bits per heavy atom. The van der Waals surface area contributed by atoms with Crippen molar-refractivity contribution >= 4 is 34.2 Å². The molecular formula is C12H17FIN3O2. The van der Waals surface area contributed by atoms with Gasteiger partial charge in [-0.2, -0.15) is 0 Å². The van der Waals surface area contributed by atoms with Gasteiger partial charge in [-0.3, -0.25) is 0 Å². The van der Waals surface area contributed by atoms with Crippen molar-refractivity contribution < 1.29 is 14.2 Å². The highest BCUT2D eigenvalue weighted by atomic mass is 127. The molecule has 5 nitrogen and oxygen atoms in total. The molecule has 0 saturated carbocycles. The monoisotopic (exact) mass is 381 g/mol. The van der Waals surface area contributed by atoms with Gasteiger partial charge in [-0.05, 0) is 35.6 Å². The number of halogens is 2. The second-order valence-electron chi connectivity index (χ2n) is 4.45. The molecule has 0 spiro atoms. The Balaban J connectivity index is 2.24. The van der Waals surface area contributed by atoms with Crippen molar-refractivity contribution in [1.29, 1.82) is 0 Å². The quantitative estimate of drug-likeness (QED) is 0.774. The highest BCUT2D eigenvalue weighted by Gasteiger charge is 2.18. The average Bonchev–Trinajstić information content (AvgIpc) is 2.44. The number of ether oxygens (including phenoxy) is 1. The molecule has 1 aromatic rings. The zero-order chi connectivity index (χ0) is 13.8. The van der Waals surface area contributed by atoms with Crippen LogP contribution in [0.3, 0.4) is 0 Å². The van der Waals surface area contributed by atoms with Crippen LogP contribution in [0.4, 0.5) is 16.0 Å². The van der Waals surface area contributed by atoms with Gasteiger partial charge < -0.3 is 20.1 Å². The standard InChI is InChI=1S/C12H17FIN3O2/c1-8(7-18)15-12-11(13)9(14)6-10(16-12)17-2-4-19-5-3-17/h6,8,18H,2-5,7H2,1H3,(H,15,16). The number of pyridine rings is 1. The molecule has 1 fully saturated rings. The molecule has 2 heterocycles. The van der Waals surface area contributed by atoms with Gasteiger partial charge in [0.25, 0.3) is 0 Å². The number of hydrogen-bond acceptors (Lipinski definition) is 5. The van der Waals surface area contributed by atoms with Crippen LogP contribution in [0.15, 0.2) is 6.07 Å². The van der Waals surface area contributed by atoms with Crippen LogP contribution in [0.2, 0.25) is 0 Å². The summed E-state index contributed by atoms with van der Waals surface area (Å²) >= 11 is 1.96. The molecule has 7 heteroatoms. The normalized spacial score (nSPS) is 17.4. The molecule has 0 amide bonds. The topological polar surface area (TPSA) is 57.6 Å². The number of morpholine rings is 1. The Labute approximate surface area is 125 Å². The van der Waals surface area contributed by atoms with Crippen molar-refractivity contribution in [3.05, 3.63) is 15.5 Å². The fourth-order valence-corrected chi connectivity index (χ4v) is 2.35. The Kier molecular flexibility index (Phi) is 5.17. The van der Waals surface area contributed by atoms with Crippen LogP contribution >= 0.6 is 22.6 Å². The van der Waals surface area contributed by atoms with E-state index in [9.17, 15) is 4.39 Å². The van der Waals surface area contributed by atoms with Gasteiger partial charge in [0, 0.05) is 19.1 Å². The van der Waals surface area contributed by atoms with Gasteiger partial charge in [-0.25, -0.2) is 9.37 Å². The molecular weight excluding hydrogens is 364 g/mol. The number of rotatable bonds is 4. The molecule has 2 rings (SSSR count). The van der Waals surface area contributed by atoms with E-state index in [1.807, 2.05) is 22.6 Å². The van der Waals surface area contributed by atoms with Gasteiger partial charge in [-0.15, -0.1) is 0 Å². The van der Waals surface area contributed by atoms with E-state index in [1.54, 1.807) is 13.0 Å². The lowest BCUT2D eigenvalue weighted by Crippen LogP contribution is -2.37. The summed E-state index contributed by atoms with van der Waals surface area (Å²) in [4.78, 5) is 6.38. The second kappa shape index (κ2) is 6.67. The Bertz CT molecular complexity index is 441. The maximum Gasteiger partial charge on any atom is 0.178 e. The second-order valence-corrected chi connectivity index (χ2v) is 5.61. The minimum atomic E-state index is -0.377. The molecule has 0 radical (unpaired) electrons. The van der Waals surface area contributed by atoms with E-state index in [4.69, 9.17) is 9.84 Å². The van der Waals surface area contributed by atoms with Crippen molar-refractivity contribution in [2.45, 2.75) is 13.0 Å². The van der Waals surface area contributed by atoms with E-state index in [2.05, 4.69) is 15.2 Å². The summed E-state index contributed by atoms with van der Waals surface area (Å²) in [5.74, 6) is 0.551. The third-order valence-electron chi connectivity index (χ3n) is 2.89. The van der Waals surface area contributed by atoms with Crippen LogP contribution in [-0.4, -0.2) is 49.0 Å². The summed E-state index contributed by atoms with van der Waals surface area (Å²) < 4.78 is 19.8. The summed E-state index contributed by atoms with van der Waals surface area (Å²) in [5.41, 5.74) is 0. The smallest absolute Gasteiger partial charge is 0.178 e. The third kappa shape index (κ3) is 3.67. The van der Waals surface area contributed by atoms with Crippen molar-refractivity contribution in [1.82, 2.24) is 4.98 Å². The number of nitrogens with zero attached hydrogens (tertiary/aromatic N) is 2. The average molecular weight is 381 g/mol. The highest BCUT2D eigenvalue weighted by molar-refractivity contribution is 14.1. The Morgan fingerprint density at radius 1 is 1.58 bits per heavy atom. The first-order chi connectivity index (χ1) is 9.11. The van der Waals surface area contributed by atoms with Gasteiger partial charge in [0.15, 0.2) is 11.6 Å². The van der Waals surface area contributed by atoms with E-state index in [1.165, 1.54) is 0 Å². The molecule has 2 N–H and O–H groups in total. The maximum absolute atomic E-state index is 14.0. The number of hydrogen-bond donors (Lipinski definition) is 2. The van der Waals surface area contributed by atoms with Gasteiger partial charge >= 0.3 is 0 Å². The van der Waals surface area contributed by atoms with Gasteiger partial charge in [0.2, 0.25) is 0 Å². The largest absolute Gasteiger partial charge is 0.394 e. The van der Waals surface area contributed by atoms with Crippen LogP contribution < -0.4 is 10.2 Å². The number of nitrogens with one attached hydrogen (secondary N) is 1. The Hall–Kier alpha value is -0.670. The molecule has 19 heavy (non-hydrogen) atoms. The molecule has 1 aliphatic rings. The lowest BCUT2D eigenvalue weighted by atomic mass is 10.3. The van der Waals surface area contributed by atoms with Crippen molar-refractivity contribution in [2.75, 3.05) is 43.1 Å². The summed E-state index contributed by atoms with van der Waals surface area (Å²) in [6.07, 6.45) is 0. The molecule has 1 atom stereocenters. The SMILES string of the molecule is CC(CO)Nc1nc(N2CCOCC2)cc(I)c1F. The molecule has 106 valence electrons. The number of aliphatic hydroxyl groups excluding tert-OH is 1. The van der Waals surface area contributed by atoms with Crippen molar-refractivity contribution in [3.63, 3.8) is 0 Å². The van der Waals surface area contributed by atoms with Crippen LogP contribution in [0.1, 0.15) is 6.92 Å². The van der Waals surface area contributed by atoms with E-state index in [-0.39, 0.29) is 24.3 Å². The highest BCUT2D eigenvalue weighted by Crippen LogP contribution is 2.24. The fraction of sp³-hybridized carbons (Fsp3) is 0.583. The summed E-state index contributed by atoms with van der Waals surface area (Å²) in [5, 5.41) is 11.9. The minimum absolute atomic E-state index is 0.0700. The van der Waals surface area contributed by atoms with E-state index >= 15 is 0 Å². The maximum atomic E-state index is 14.0. The lowest BCUT2D eigenvalue weighted by molar-refractivity contribution is 0.122. The first-order valence-electron chi connectivity index (χ1n) is 6.18. The lowest BCUT2D eigenvalue weighted by Gasteiger charge is -2.28. The van der Waals surface area contributed by atoms with Crippen molar-refractivity contribution in [2.24, 2.45) is 0 Å². The molecule has 0 aromatic carbocycles. The van der Waals surface area contributed by atoms with E-state index in [0.29, 0.717) is 16.8 Å². The minimum Gasteiger partial charge on any atom is -0.394 e. The van der Waals surface area contributed by atoms with Gasteiger partial charge in [0.05, 0.1) is 23.4 Å². The molecule has 0 aliphatic carbocycles. The summed E-state index contributed by atoms with van der Waals surface area (Å²) in [7, 11) is 0. The zero-order valence-electron chi connectivity index (χ0n) is 10.7.